The Morgan fingerprint density at radius 1 is 0.793 bits per heavy atom. The Hall–Kier alpha value is -3.93. The maximum Gasteiger partial charge on any atom is 0.240 e. The van der Waals surface area contributed by atoms with Crippen molar-refractivity contribution in [1.82, 2.24) is 5.43 Å². The molecule has 3 rings (SSSR count). The molecule has 29 heavy (non-hydrogen) atoms. The van der Waals surface area contributed by atoms with E-state index in [0.717, 1.165) is 11.3 Å². The highest BCUT2D eigenvalue weighted by Gasteiger charge is 2.06. The Kier molecular flexibility index (Phi) is 7.12. The number of carbonyl (C=O) groups excluding carboxylic acids is 2. The van der Waals surface area contributed by atoms with E-state index in [1.807, 2.05) is 72.8 Å². The number of carbonyl (C=O) groups is 2. The minimum atomic E-state index is -0.332. The van der Waals surface area contributed by atoms with Gasteiger partial charge in [-0.1, -0.05) is 48.5 Å². The molecular weight excluding hydrogens is 366 g/mol. The minimum absolute atomic E-state index is 0.0488. The van der Waals surface area contributed by atoms with Crippen LogP contribution in [0.25, 0.3) is 0 Å². The van der Waals surface area contributed by atoms with Crippen molar-refractivity contribution in [1.29, 1.82) is 0 Å². The lowest BCUT2D eigenvalue weighted by atomic mass is 10.2. The first-order valence-corrected chi connectivity index (χ1v) is 9.19. The second-order valence-corrected chi connectivity index (χ2v) is 6.19. The molecule has 3 aromatic carbocycles. The van der Waals surface area contributed by atoms with Gasteiger partial charge in [0, 0.05) is 18.5 Å². The Bertz CT molecular complexity index is 973. The summed E-state index contributed by atoms with van der Waals surface area (Å²) in [5.74, 6) is 0.856. The molecule has 0 unspecified atom stereocenters. The van der Waals surface area contributed by atoms with E-state index in [9.17, 15) is 9.59 Å². The smallest absolute Gasteiger partial charge is 0.240 e. The number of amides is 2. The van der Waals surface area contributed by atoms with Crippen LogP contribution in [-0.4, -0.2) is 18.0 Å². The summed E-state index contributed by atoms with van der Waals surface area (Å²) in [7, 11) is 0. The van der Waals surface area contributed by atoms with Crippen LogP contribution in [0.4, 0.5) is 5.69 Å². The van der Waals surface area contributed by atoms with Gasteiger partial charge in [0.1, 0.15) is 11.5 Å². The summed E-state index contributed by atoms with van der Waals surface area (Å²) in [6.07, 6.45) is 1.66. The third-order valence-electron chi connectivity index (χ3n) is 3.88. The Morgan fingerprint density at radius 2 is 1.45 bits per heavy atom. The van der Waals surface area contributed by atoms with Crippen LogP contribution in [0.5, 0.6) is 11.5 Å². The fraction of sp³-hybridized carbons (Fsp3) is 0.0870. The molecule has 0 aromatic heterocycles. The zero-order chi connectivity index (χ0) is 20.3. The molecule has 0 fully saturated rings. The molecule has 0 aliphatic rings. The highest BCUT2D eigenvalue weighted by molar-refractivity contribution is 5.93. The van der Waals surface area contributed by atoms with Gasteiger partial charge >= 0.3 is 0 Å². The third kappa shape index (κ3) is 6.95. The van der Waals surface area contributed by atoms with Crippen LogP contribution in [0, 0.1) is 0 Å². The maximum absolute atomic E-state index is 11.9. The van der Waals surface area contributed by atoms with Gasteiger partial charge in [-0.3, -0.25) is 9.59 Å². The van der Waals surface area contributed by atoms with E-state index in [2.05, 4.69) is 15.8 Å². The number of anilines is 1. The van der Waals surface area contributed by atoms with Crippen molar-refractivity contribution in [2.45, 2.75) is 12.8 Å². The van der Waals surface area contributed by atoms with Gasteiger partial charge < -0.3 is 10.1 Å². The first-order valence-electron chi connectivity index (χ1n) is 9.19. The number of ether oxygens (including phenoxy) is 1. The average molecular weight is 387 g/mol. The quantitative estimate of drug-likeness (QED) is 0.445. The van der Waals surface area contributed by atoms with E-state index >= 15 is 0 Å². The Morgan fingerprint density at radius 3 is 2.21 bits per heavy atom. The number of nitrogens with zero attached hydrogens (tertiary/aromatic N) is 1. The number of hydrazone groups is 1. The van der Waals surface area contributed by atoms with E-state index in [4.69, 9.17) is 4.74 Å². The fourth-order valence-corrected chi connectivity index (χ4v) is 2.49. The van der Waals surface area contributed by atoms with Gasteiger partial charge in [-0.2, -0.15) is 5.10 Å². The standard InChI is InChI=1S/C23H21N3O3/c27-22(25-19-9-3-1-4-10-19)14-15-23(28)26-24-17-18-8-7-13-21(16-18)29-20-11-5-2-6-12-20/h1-13,16-17H,14-15H2,(H,25,27)(H,26,28)/b24-17+. The lowest BCUT2D eigenvalue weighted by Gasteiger charge is -2.06. The fourth-order valence-electron chi connectivity index (χ4n) is 2.49. The first kappa shape index (κ1) is 19.8. The Balaban J connectivity index is 1.44. The summed E-state index contributed by atoms with van der Waals surface area (Å²) in [5, 5.41) is 6.67. The van der Waals surface area contributed by atoms with E-state index in [1.165, 1.54) is 6.21 Å². The largest absolute Gasteiger partial charge is 0.457 e. The van der Waals surface area contributed by atoms with Gasteiger partial charge in [0.15, 0.2) is 0 Å². The molecule has 0 atom stereocenters. The predicted octanol–water partition coefficient (Wildman–Crippen LogP) is 4.35. The molecule has 2 N–H and O–H groups in total. The topological polar surface area (TPSA) is 79.8 Å². The molecule has 0 radical (unpaired) electrons. The number of hydrogen-bond acceptors (Lipinski definition) is 4. The van der Waals surface area contributed by atoms with E-state index in [0.29, 0.717) is 11.4 Å². The molecule has 0 aliphatic carbocycles. The van der Waals surface area contributed by atoms with Crippen molar-refractivity contribution in [3.05, 3.63) is 90.5 Å². The van der Waals surface area contributed by atoms with Crippen LogP contribution in [0.1, 0.15) is 18.4 Å². The van der Waals surface area contributed by atoms with Crippen LogP contribution in [-0.2, 0) is 9.59 Å². The van der Waals surface area contributed by atoms with Crippen molar-refractivity contribution in [3.8, 4) is 11.5 Å². The number of hydrogen-bond donors (Lipinski definition) is 2. The van der Waals surface area contributed by atoms with Gasteiger partial charge in [-0.15, -0.1) is 0 Å². The number of para-hydroxylation sites is 2. The van der Waals surface area contributed by atoms with E-state index in [-0.39, 0.29) is 24.7 Å². The van der Waals surface area contributed by atoms with Crippen LogP contribution >= 0.6 is 0 Å². The van der Waals surface area contributed by atoms with Gasteiger partial charge in [0.2, 0.25) is 11.8 Å². The second-order valence-electron chi connectivity index (χ2n) is 6.19. The van der Waals surface area contributed by atoms with Crippen molar-refractivity contribution in [3.63, 3.8) is 0 Å². The lowest BCUT2D eigenvalue weighted by molar-refractivity contribution is -0.124. The molecule has 0 spiro atoms. The molecule has 3 aromatic rings. The summed E-state index contributed by atoms with van der Waals surface area (Å²) in [6.45, 7) is 0. The zero-order valence-corrected chi connectivity index (χ0v) is 15.7. The molecule has 0 heterocycles. The van der Waals surface area contributed by atoms with E-state index in [1.54, 1.807) is 12.1 Å². The second kappa shape index (κ2) is 10.4. The van der Waals surface area contributed by atoms with Crippen LogP contribution in [0.2, 0.25) is 0 Å². The molecular formula is C23H21N3O3. The number of benzene rings is 3. The van der Waals surface area contributed by atoms with Crippen molar-refractivity contribution < 1.29 is 14.3 Å². The minimum Gasteiger partial charge on any atom is -0.457 e. The molecule has 0 saturated heterocycles. The van der Waals surface area contributed by atoms with Gasteiger partial charge in [0.25, 0.3) is 0 Å². The highest BCUT2D eigenvalue weighted by Crippen LogP contribution is 2.21. The first-order chi connectivity index (χ1) is 14.2. The maximum atomic E-state index is 11.9. The Labute approximate surface area is 169 Å². The normalized spacial score (nSPS) is 10.5. The molecule has 2 amide bonds. The van der Waals surface area contributed by atoms with Crippen LogP contribution < -0.4 is 15.5 Å². The summed E-state index contributed by atoms with van der Waals surface area (Å²) in [5.41, 5.74) is 3.91. The van der Waals surface area contributed by atoms with Crippen molar-refractivity contribution in [2.24, 2.45) is 5.10 Å². The number of nitrogens with one attached hydrogen (secondary N) is 2. The van der Waals surface area contributed by atoms with Gasteiger partial charge in [-0.05, 0) is 42.0 Å². The molecule has 6 nitrogen and oxygen atoms in total. The molecule has 146 valence electrons. The highest BCUT2D eigenvalue weighted by atomic mass is 16.5. The number of rotatable bonds is 8. The third-order valence-corrected chi connectivity index (χ3v) is 3.88. The SMILES string of the molecule is O=C(CCC(=O)Nc1ccccc1)N/N=C/c1cccc(Oc2ccccc2)c1. The summed E-state index contributed by atoms with van der Waals surface area (Å²) in [6, 6.07) is 25.9. The van der Waals surface area contributed by atoms with Crippen molar-refractivity contribution >= 4 is 23.7 Å². The summed E-state index contributed by atoms with van der Waals surface area (Å²) < 4.78 is 5.77. The van der Waals surface area contributed by atoms with Crippen LogP contribution in [0.3, 0.4) is 0 Å². The molecule has 0 aliphatic heterocycles. The summed E-state index contributed by atoms with van der Waals surface area (Å²) in [4.78, 5) is 23.7. The molecule has 0 bridgehead atoms. The van der Waals surface area contributed by atoms with E-state index < -0.39 is 0 Å². The summed E-state index contributed by atoms with van der Waals surface area (Å²) >= 11 is 0. The molecule has 0 saturated carbocycles. The zero-order valence-electron chi connectivity index (χ0n) is 15.7. The predicted molar refractivity (Wildman–Crippen MR) is 113 cm³/mol. The monoisotopic (exact) mass is 387 g/mol. The molecule has 6 heteroatoms. The lowest BCUT2D eigenvalue weighted by Crippen LogP contribution is -2.20. The van der Waals surface area contributed by atoms with Gasteiger partial charge in [0.05, 0.1) is 6.21 Å². The van der Waals surface area contributed by atoms with Crippen molar-refractivity contribution in [2.75, 3.05) is 5.32 Å². The average Bonchev–Trinajstić information content (AvgIpc) is 2.74. The van der Waals surface area contributed by atoms with Crippen LogP contribution in [0.15, 0.2) is 90.0 Å². The van der Waals surface area contributed by atoms with Gasteiger partial charge in [-0.25, -0.2) is 5.43 Å².